The van der Waals surface area contributed by atoms with Gasteiger partial charge in [-0.15, -0.1) is 0 Å². The van der Waals surface area contributed by atoms with Crippen molar-refractivity contribution in [1.29, 1.82) is 0 Å². The number of hydrogen-bond acceptors (Lipinski definition) is 5. The van der Waals surface area contributed by atoms with Crippen LogP contribution in [-0.4, -0.2) is 11.8 Å². The summed E-state index contributed by atoms with van der Waals surface area (Å²) < 4.78 is 30.2. The first-order valence-electron chi connectivity index (χ1n) is 6.62. The Hall–Kier alpha value is -3.02. The van der Waals surface area contributed by atoms with Crippen LogP contribution in [0.4, 0.5) is 10.1 Å². The molecule has 2 aromatic carbocycles. The summed E-state index contributed by atoms with van der Waals surface area (Å²) in [4.78, 5) is 4.27. The number of fused-ring (bicyclic) bond motifs is 2. The molecule has 0 saturated carbocycles. The van der Waals surface area contributed by atoms with E-state index in [0.717, 1.165) is 0 Å². The maximum absolute atomic E-state index is 13.9. The van der Waals surface area contributed by atoms with Gasteiger partial charge in [-0.25, -0.2) is 4.39 Å². The number of pyridine rings is 1. The highest BCUT2D eigenvalue weighted by molar-refractivity contribution is 5.88. The second kappa shape index (κ2) is 4.77. The van der Waals surface area contributed by atoms with E-state index in [1.807, 2.05) is 0 Å². The number of nitrogens with two attached hydrogens (primary N) is 1. The first kappa shape index (κ1) is 12.7. The van der Waals surface area contributed by atoms with Crippen LogP contribution >= 0.6 is 0 Å². The molecule has 0 aliphatic carbocycles. The summed E-state index contributed by atoms with van der Waals surface area (Å²) in [7, 11) is 0. The monoisotopic (exact) mass is 298 g/mol. The van der Waals surface area contributed by atoms with Crippen LogP contribution in [0.1, 0.15) is 0 Å². The second-order valence-corrected chi connectivity index (χ2v) is 4.82. The SMILES string of the molecule is Nc1ccc(Oc2ccnc3cc4c(cc23)OCO4)c(F)c1. The number of ether oxygens (including phenoxy) is 3. The van der Waals surface area contributed by atoms with Gasteiger partial charge in [-0.1, -0.05) is 0 Å². The Kier molecular flexibility index (Phi) is 2.75. The lowest BCUT2D eigenvalue weighted by Crippen LogP contribution is -1.93. The Bertz CT molecular complexity index is 883. The number of halogens is 1. The van der Waals surface area contributed by atoms with Crippen LogP contribution in [0.25, 0.3) is 10.9 Å². The van der Waals surface area contributed by atoms with Gasteiger partial charge in [-0.2, -0.15) is 0 Å². The molecule has 3 aromatic rings. The molecule has 110 valence electrons. The highest BCUT2D eigenvalue weighted by Crippen LogP contribution is 2.39. The van der Waals surface area contributed by atoms with Crippen molar-refractivity contribution in [3.05, 3.63) is 48.4 Å². The molecule has 2 N–H and O–H groups in total. The van der Waals surface area contributed by atoms with Gasteiger partial charge in [0.25, 0.3) is 0 Å². The van der Waals surface area contributed by atoms with Crippen molar-refractivity contribution < 1.29 is 18.6 Å². The molecule has 0 saturated heterocycles. The number of anilines is 1. The number of nitrogen functional groups attached to an aromatic ring is 1. The zero-order valence-corrected chi connectivity index (χ0v) is 11.4. The third kappa shape index (κ3) is 2.05. The standard InChI is InChI=1S/C16H11FN2O3/c17-11-5-9(18)1-2-14(11)22-13-3-4-19-12-7-16-15(6-10(12)13)20-8-21-16/h1-7H,8,18H2. The van der Waals surface area contributed by atoms with Gasteiger partial charge in [-0.05, 0) is 24.3 Å². The molecule has 1 aromatic heterocycles. The summed E-state index contributed by atoms with van der Waals surface area (Å²) in [5.41, 5.74) is 6.56. The van der Waals surface area contributed by atoms with Crippen molar-refractivity contribution in [2.24, 2.45) is 0 Å². The van der Waals surface area contributed by atoms with Gasteiger partial charge < -0.3 is 19.9 Å². The minimum atomic E-state index is -0.522. The summed E-state index contributed by atoms with van der Waals surface area (Å²) in [6, 6.07) is 9.49. The highest BCUT2D eigenvalue weighted by atomic mass is 19.1. The quantitative estimate of drug-likeness (QED) is 0.734. The Morgan fingerprint density at radius 2 is 1.86 bits per heavy atom. The minimum absolute atomic E-state index is 0.0966. The predicted molar refractivity (Wildman–Crippen MR) is 78.8 cm³/mol. The van der Waals surface area contributed by atoms with Crippen LogP contribution in [0.5, 0.6) is 23.0 Å². The maximum Gasteiger partial charge on any atom is 0.231 e. The van der Waals surface area contributed by atoms with E-state index in [0.29, 0.717) is 33.8 Å². The third-order valence-electron chi connectivity index (χ3n) is 3.37. The minimum Gasteiger partial charge on any atom is -0.454 e. The van der Waals surface area contributed by atoms with E-state index in [4.69, 9.17) is 19.9 Å². The molecule has 0 atom stereocenters. The number of benzene rings is 2. The number of aromatic nitrogens is 1. The van der Waals surface area contributed by atoms with Crippen molar-refractivity contribution in [2.45, 2.75) is 0 Å². The molecule has 0 fully saturated rings. The van der Waals surface area contributed by atoms with Crippen LogP contribution in [0.3, 0.4) is 0 Å². The summed E-state index contributed by atoms with van der Waals surface area (Å²) in [5, 5.41) is 0.711. The van der Waals surface area contributed by atoms with E-state index in [-0.39, 0.29) is 12.5 Å². The van der Waals surface area contributed by atoms with Crippen LogP contribution in [0, 0.1) is 5.82 Å². The van der Waals surface area contributed by atoms with Crippen LogP contribution < -0.4 is 19.9 Å². The highest BCUT2D eigenvalue weighted by Gasteiger charge is 2.17. The van der Waals surface area contributed by atoms with Crippen molar-refractivity contribution in [2.75, 3.05) is 12.5 Å². The van der Waals surface area contributed by atoms with E-state index in [2.05, 4.69) is 4.98 Å². The Balaban J connectivity index is 1.81. The predicted octanol–water partition coefficient (Wildman–Crippen LogP) is 3.48. The van der Waals surface area contributed by atoms with Gasteiger partial charge in [-0.3, -0.25) is 4.98 Å². The maximum atomic E-state index is 13.9. The molecule has 0 unspecified atom stereocenters. The normalized spacial score (nSPS) is 12.6. The first-order valence-corrected chi connectivity index (χ1v) is 6.62. The van der Waals surface area contributed by atoms with E-state index in [9.17, 15) is 4.39 Å². The summed E-state index contributed by atoms with van der Waals surface area (Å²) in [6.45, 7) is 0.175. The van der Waals surface area contributed by atoms with E-state index in [1.54, 1.807) is 30.5 Å². The fourth-order valence-corrected chi connectivity index (χ4v) is 2.32. The lowest BCUT2D eigenvalue weighted by atomic mass is 10.2. The zero-order chi connectivity index (χ0) is 15.1. The molecule has 2 heterocycles. The molecule has 1 aliphatic heterocycles. The zero-order valence-electron chi connectivity index (χ0n) is 11.4. The van der Waals surface area contributed by atoms with E-state index < -0.39 is 5.82 Å². The Labute approximate surface area is 125 Å². The average Bonchev–Trinajstić information content (AvgIpc) is 2.95. The lowest BCUT2D eigenvalue weighted by molar-refractivity contribution is 0.174. The fraction of sp³-hybridized carbons (Fsp3) is 0.0625. The Morgan fingerprint density at radius 1 is 1.05 bits per heavy atom. The topological polar surface area (TPSA) is 66.6 Å². The average molecular weight is 298 g/mol. The van der Waals surface area contributed by atoms with Gasteiger partial charge in [0, 0.05) is 29.4 Å². The van der Waals surface area contributed by atoms with Crippen molar-refractivity contribution >= 4 is 16.6 Å². The van der Waals surface area contributed by atoms with Crippen molar-refractivity contribution in [3.63, 3.8) is 0 Å². The Morgan fingerprint density at radius 3 is 2.68 bits per heavy atom. The molecule has 5 nitrogen and oxygen atoms in total. The van der Waals surface area contributed by atoms with Gasteiger partial charge in [0.15, 0.2) is 23.1 Å². The molecule has 0 radical (unpaired) electrons. The van der Waals surface area contributed by atoms with Gasteiger partial charge >= 0.3 is 0 Å². The molecule has 22 heavy (non-hydrogen) atoms. The second-order valence-electron chi connectivity index (χ2n) is 4.82. The van der Waals surface area contributed by atoms with Gasteiger partial charge in [0.05, 0.1) is 5.52 Å². The van der Waals surface area contributed by atoms with Crippen molar-refractivity contribution in [3.8, 4) is 23.0 Å². The summed E-state index contributed by atoms with van der Waals surface area (Å²) in [5.74, 6) is 1.30. The lowest BCUT2D eigenvalue weighted by Gasteiger charge is -2.10. The smallest absolute Gasteiger partial charge is 0.231 e. The third-order valence-corrected chi connectivity index (χ3v) is 3.37. The van der Waals surface area contributed by atoms with Crippen molar-refractivity contribution in [1.82, 2.24) is 4.98 Å². The fourth-order valence-electron chi connectivity index (χ4n) is 2.32. The van der Waals surface area contributed by atoms with E-state index >= 15 is 0 Å². The molecular formula is C16H11FN2O3. The molecule has 0 bridgehead atoms. The van der Waals surface area contributed by atoms with Crippen LogP contribution in [0.2, 0.25) is 0 Å². The molecular weight excluding hydrogens is 287 g/mol. The van der Waals surface area contributed by atoms with Crippen LogP contribution in [0.15, 0.2) is 42.6 Å². The molecule has 0 amide bonds. The largest absolute Gasteiger partial charge is 0.454 e. The van der Waals surface area contributed by atoms with Gasteiger partial charge in [0.1, 0.15) is 5.75 Å². The first-order chi connectivity index (χ1) is 10.7. The summed E-state index contributed by atoms with van der Waals surface area (Å²) in [6.07, 6.45) is 1.59. The number of rotatable bonds is 2. The number of hydrogen-bond donors (Lipinski definition) is 1. The van der Waals surface area contributed by atoms with E-state index in [1.165, 1.54) is 12.1 Å². The molecule has 6 heteroatoms. The summed E-state index contributed by atoms with van der Waals surface area (Å²) >= 11 is 0. The van der Waals surface area contributed by atoms with Gasteiger partial charge in [0.2, 0.25) is 6.79 Å². The molecule has 4 rings (SSSR count). The van der Waals surface area contributed by atoms with Crippen LogP contribution in [-0.2, 0) is 0 Å². The number of nitrogens with zero attached hydrogens (tertiary/aromatic N) is 1. The molecule has 0 spiro atoms. The molecule has 1 aliphatic rings.